The van der Waals surface area contributed by atoms with Crippen molar-refractivity contribution < 1.29 is 9.90 Å². The van der Waals surface area contributed by atoms with E-state index in [2.05, 4.69) is 0 Å². The van der Waals surface area contributed by atoms with E-state index in [1.54, 1.807) is 24.3 Å². The van der Waals surface area contributed by atoms with Gasteiger partial charge >= 0.3 is 0 Å². The number of amides is 1. The van der Waals surface area contributed by atoms with Crippen LogP contribution in [0.15, 0.2) is 36.4 Å². The monoisotopic (exact) mass is 252 g/mol. The molecule has 0 aliphatic heterocycles. The molecule has 0 unspecified atom stereocenters. The Labute approximate surface area is 105 Å². The van der Waals surface area contributed by atoms with Gasteiger partial charge in [-0.1, -0.05) is 18.2 Å². The minimum absolute atomic E-state index is 0. The number of aromatic hydroxyl groups is 1. The van der Waals surface area contributed by atoms with Crippen LogP contribution in [0.4, 0.5) is 5.69 Å². The van der Waals surface area contributed by atoms with Crippen LogP contribution in [0.25, 0.3) is 10.8 Å². The fourth-order valence-corrected chi connectivity index (χ4v) is 1.62. The normalized spacial score (nSPS) is 9.76. The van der Waals surface area contributed by atoms with E-state index in [1.807, 2.05) is 12.1 Å². The van der Waals surface area contributed by atoms with E-state index in [0.29, 0.717) is 5.69 Å². The van der Waals surface area contributed by atoms with Gasteiger partial charge in [-0.3, -0.25) is 4.79 Å². The average molecular weight is 253 g/mol. The molecule has 3 N–H and O–H groups in total. The van der Waals surface area contributed by atoms with Crippen LogP contribution in [0.3, 0.4) is 0 Å². The fraction of sp³-hybridized carbons (Fsp3) is 0.0833. The summed E-state index contributed by atoms with van der Waals surface area (Å²) in [5.74, 6) is 5.55. The molecule has 2 aromatic rings. The van der Waals surface area contributed by atoms with Gasteiger partial charge in [-0.15, -0.1) is 12.4 Å². The van der Waals surface area contributed by atoms with Crippen molar-refractivity contribution in [2.24, 2.45) is 5.84 Å². The second-order valence-corrected chi connectivity index (χ2v) is 3.57. The molecule has 2 rings (SSSR count). The number of carbonyl (C=O) groups is 1. The molecular formula is C12H13ClN2O2. The van der Waals surface area contributed by atoms with Gasteiger partial charge in [0, 0.05) is 12.3 Å². The van der Waals surface area contributed by atoms with Crippen LogP contribution in [0.5, 0.6) is 5.75 Å². The van der Waals surface area contributed by atoms with Crippen LogP contribution in [-0.4, -0.2) is 11.0 Å². The van der Waals surface area contributed by atoms with Gasteiger partial charge < -0.3 is 5.11 Å². The summed E-state index contributed by atoms with van der Waals surface area (Å²) in [5.41, 5.74) is 0.584. The molecule has 0 radical (unpaired) electrons. The minimum atomic E-state index is -0.254. The Morgan fingerprint density at radius 2 is 2.00 bits per heavy atom. The minimum Gasteiger partial charge on any atom is -0.508 e. The Morgan fingerprint density at radius 3 is 2.65 bits per heavy atom. The largest absolute Gasteiger partial charge is 0.508 e. The standard InChI is InChI=1S/C12H12N2O2.ClH/c1-8(15)14(13)12-4-2-3-9-5-6-10(16)7-11(9)12;/h2-7,16H,13H2,1H3;1H. The zero-order valence-corrected chi connectivity index (χ0v) is 10.1. The molecule has 0 spiro atoms. The number of phenols is 1. The first-order chi connectivity index (χ1) is 7.59. The molecule has 4 nitrogen and oxygen atoms in total. The maximum Gasteiger partial charge on any atom is 0.238 e. The lowest BCUT2D eigenvalue weighted by Gasteiger charge is -2.16. The Bertz CT molecular complexity index is 557. The smallest absolute Gasteiger partial charge is 0.238 e. The molecule has 0 saturated carbocycles. The molecular weight excluding hydrogens is 240 g/mol. The third kappa shape index (κ3) is 2.49. The van der Waals surface area contributed by atoms with E-state index in [9.17, 15) is 9.90 Å². The van der Waals surface area contributed by atoms with Crippen LogP contribution in [0.1, 0.15) is 6.92 Å². The van der Waals surface area contributed by atoms with Gasteiger partial charge in [0.25, 0.3) is 0 Å². The molecule has 5 heteroatoms. The Kier molecular flexibility index (Phi) is 3.93. The van der Waals surface area contributed by atoms with Crippen molar-refractivity contribution in [3.8, 4) is 5.75 Å². The number of halogens is 1. The van der Waals surface area contributed by atoms with Crippen LogP contribution in [-0.2, 0) is 4.79 Å². The lowest BCUT2D eigenvalue weighted by atomic mass is 10.1. The van der Waals surface area contributed by atoms with Crippen molar-refractivity contribution >= 4 is 34.8 Å². The summed E-state index contributed by atoms with van der Waals surface area (Å²) in [5, 5.41) is 12.2. The highest BCUT2D eigenvalue weighted by molar-refractivity contribution is 6.02. The van der Waals surface area contributed by atoms with E-state index in [4.69, 9.17) is 5.84 Å². The van der Waals surface area contributed by atoms with Crippen molar-refractivity contribution in [3.63, 3.8) is 0 Å². The molecule has 1 amide bonds. The number of hydrogen-bond acceptors (Lipinski definition) is 3. The summed E-state index contributed by atoms with van der Waals surface area (Å²) in [6.45, 7) is 1.39. The Morgan fingerprint density at radius 1 is 1.29 bits per heavy atom. The van der Waals surface area contributed by atoms with Crippen molar-refractivity contribution in [1.29, 1.82) is 0 Å². The SMILES string of the molecule is CC(=O)N(N)c1cccc2ccc(O)cc12.Cl. The third-order valence-corrected chi connectivity index (χ3v) is 2.44. The molecule has 0 atom stereocenters. The van der Waals surface area contributed by atoms with Gasteiger partial charge in [-0.05, 0) is 23.6 Å². The maximum atomic E-state index is 11.2. The lowest BCUT2D eigenvalue weighted by Crippen LogP contribution is -2.35. The molecule has 0 saturated heterocycles. The van der Waals surface area contributed by atoms with Gasteiger partial charge in [0.05, 0.1) is 5.69 Å². The molecule has 0 heterocycles. The van der Waals surface area contributed by atoms with Crippen LogP contribution in [0.2, 0.25) is 0 Å². The quantitative estimate of drug-likeness (QED) is 0.465. The summed E-state index contributed by atoms with van der Waals surface area (Å²) in [6, 6.07) is 10.4. The zero-order chi connectivity index (χ0) is 11.7. The van der Waals surface area contributed by atoms with Crippen molar-refractivity contribution in [3.05, 3.63) is 36.4 Å². The molecule has 0 aliphatic carbocycles. The second-order valence-electron chi connectivity index (χ2n) is 3.57. The predicted octanol–water partition coefficient (Wildman–Crippen LogP) is 2.19. The highest BCUT2D eigenvalue weighted by Gasteiger charge is 2.10. The fourth-order valence-electron chi connectivity index (χ4n) is 1.62. The Balaban J connectivity index is 0.00000144. The Hall–Kier alpha value is -1.78. The second kappa shape index (κ2) is 5.03. The van der Waals surface area contributed by atoms with Crippen LogP contribution < -0.4 is 10.9 Å². The number of benzene rings is 2. The topological polar surface area (TPSA) is 66.6 Å². The van der Waals surface area contributed by atoms with Gasteiger partial charge in [-0.2, -0.15) is 0 Å². The molecule has 0 bridgehead atoms. The molecule has 0 aromatic heterocycles. The number of phenolic OH excluding ortho intramolecular Hbond substituents is 1. The first-order valence-corrected chi connectivity index (χ1v) is 4.87. The number of nitrogens with two attached hydrogens (primary N) is 1. The van der Waals surface area contributed by atoms with Crippen molar-refractivity contribution in [2.45, 2.75) is 6.92 Å². The molecule has 90 valence electrons. The first-order valence-electron chi connectivity index (χ1n) is 4.87. The van der Waals surface area contributed by atoms with Crippen molar-refractivity contribution in [2.75, 3.05) is 5.01 Å². The first kappa shape index (κ1) is 13.3. The molecule has 2 aromatic carbocycles. The maximum absolute atomic E-state index is 11.2. The highest BCUT2D eigenvalue weighted by Crippen LogP contribution is 2.28. The summed E-state index contributed by atoms with van der Waals surface area (Å²) < 4.78 is 0. The van der Waals surface area contributed by atoms with E-state index < -0.39 is 0 Å². The van der Waals surface area contributed by atoms with E-state index >= 15 is 0 Å². The van der Waals surface area contributed by atoms with Crippen molar-refractivity contribution in [1.82, 2.24) is 0 Å². The lowest BCUT2D eigenvalue weighted by molar-refractivity contribution is -0.116. The molecule has 0 aliphatic rings. The number of hydrazine groups is 1. The molecule has 17 heavy (non-hydrogen) atoms. The van der Waals surface area contributed by atoms with Gasteiger partial charge in [0.15, 0.2) is 0 Å². The number of carbonyl (C=O) groups excluding carboxylic acids is 1. The summed E-state index contributed by atoms with van der Waals surface area (Å²) in [6.07, 6.45) is 0. The van der Waals surface area contributed by atoms with E-state index in [0.717, 1.165) is 15.8 Å². The summed E-state index contributed by atoms with van der Waals surface area (Å²) in [4.78, 5) is 11.2. The summed E-state index contributed by atoms with van der Waals surface area (Å²) >= 11 is 0. The van der Waals surface area contributed by atoms with Gasteiger partial charge in [-0.25, -0.2) is 10.9 Å². The number of nitrogens with zero attached hydrogens (tertiary/aromatic N) is 1. The number of anilines is 1. The highest BCUT2D eigenvalue weighted by atomic mass is 35.5. The number of fused-ring (bicyclic) bond motifs is 1. The van der Waals surface area contributed by atoms with E-state index in [-0.39, 0.29) is 24.1 Å². The van der Waals surface area contributed by atoms with E-state index in [1.165, 1.54) is 6.92 Å². The van der Waals surface area contributed by atoms with Crippen LogP contribution in [0, 0.1) is 0 Å². The number of hydrogen-bond donors (Lipinski definition) is 2. The zero-order valence-electron chi connectivity index (χ0n) is 9.25. The van der Waals surface area contributed by atoms with Gasteiger partial charge in [0.1, 0.15) is 5.75 Å². The number of rotatable bonds is 1. The average Bonchev–Trinajstić information content (AvgIpc) is 2.27. The van der Waals surface area contributed by atoms with Crippen LogP contribution >= 0.6 is 12.4 Å². The third-order valence-electron chi connectivity index (χ3n) is 2.44. The van der Waals surface area contributed by atoms with Gasteiger partial charge in [0.2, 0.25) is 5.91 Å². The summed E-state index contributed by atoms with van der Waals surface area (Å²) in [7, 11) is 0. The predicted molar refractivity (Wildman–Crippen MR) is 70.2 cm³/mol. The molecule has 0 fully saturated rings.